The first-order chi connectivity index (χ1) is 9.74. The van der Waals surface area contributed by atoms with Gasteiger partial charge in [-0.1, -0.05) is 12.1 Å². The molecule has 5 heteroatoms. The Hall–Kier alpha value is -2.04. The fraction of sp³-hybridized carbons (Fsp3) is 0.467. The van der Waals surface area contributed by atoms with E-state index in [-0.39, 0.29) is 11.9 Å². The molecule has 5 nitrogen and oxygen atoms in total. The molecule has 1 heterocycles. The molecule has 1 N–H and O–H groups in total. The Morgan fingerprint density at radius 1 is 1.40 bits per heavy atom. The summed E-state index contributed by atoms with van der Waals surface area (Å²) in [5.41, 5.74) is 1.01. The summed E-state index contributed by atoms with van der Waals surface area (Å²) in [6.07, 6.45) is 3.48. The Labute approximate surface area is 118 Å². The minimum atomic E-state index is -0.320. The largest absolute Gasteiger partial charge is 0.497 e. The van der Waals surface area contributed by atoms with Gasteiger partial charge in [0, 0.05) is 13.1 Å². The van der Waals surface area contributed by atoms with Crippen LogP contribution in [0.1, 0.15) is 24.8 Å². The summed E-state index contributed by atoms with van der Waals surface area (Å²) in [5.74, 6) is 0.715. The zero-order valence-electron chi connectivity index (χ0n) is 11.7. The van der Waals surface area contributed by atoms with Crippen LogP contribution in [0.4, 0.5) is 0 Å². The third-order valence-corrected chi connectivity index (χ3v) is 3.61. The standard InChI is InChI=1S/C15H20N2O3/c1-20-13-7-5-12(6-8-13)10-16-15(19)14-4-2-3-9-17(14)11-18/h5-8,11,14H,2-4,9-10H2,1H3,(H,16,19)/t14-/m0/s1. The molecule has 0 aliphatic carbocycles. The summed E-state index contributed by atoms with van der Waals surface area (Å²) >= 11 is 0. The van der Waals surface area contributed by atoms with Crippen LogP contribution >= 0.6 is 0 Å². The molecule has 1 atom stereocenters. The van der Waals surface area contributed by atoms with Gasteiger partial charge >= 0.3 is 0 Å². The highest BCUT2D eigenvalue weighted by Gasteiger charge is 2.27. The fourth-order valence-electron chi connectivity index (χ4n) is 2.41. The van der Waals surface area contributed by atoms with E-state index in [0.29, 0.717) is 13.1 Å². The van der Waals surface area contributed by atoms with Crippen molar-refractivity contribution in [3.63, 3.8) is 0 Å². The van der Waals surface area contributed by atoms with Gasteiger partial charge < -0.3 is 15.0 Å². The predicted molar refractivity (Wildman–Crippen MR) is 75.2 cm³/mol. The SMILES string of the molecule is COc1ccc(CNC(=O)[C@@H]2CCCCN2C=O)cc1. The van der Waals surface area contributed by atoms with E-state index in [1.54, 1.807) is 12.0 Å². The van der Waals surface area contributed by atoms with Crippen LogP contribution in [0, 0.1) is 0 Å². The van der Waals surface area contributed by atoms with Crippen LogP contribution in [-0.4, -0.2) is 36.9 Å². The number of ether oxygens (including phenoxy) is 1. The van der Waals surface area contributed by atoms with Crippen molar-refractivity contribution in [2.75, 3.05) is 13.7 Å². The summed E-state index contributed by atoms with van der Waals surface area (Å²) in [4.78, 5) is 24.7. The van der Waals surface area contributed by atoms with Crippen molar-refractivity contribution in [1.82, 2.24) is 10.2 Å². The van der Waals surface area contributed by atoms with E-state index in [1.165, 1.54) is 0 Å². The number of piperidine rings is 1. The molecule has 1 saturated heterocycles. The van der Waals surface area contributed by atoms with Crippen LogP contribution in [0.15, 0.2) is 24.3 Å². The van der Waals surface area contributed by atoms with Gasteiger partial charge in [-0.2, -0.15) is 0 Å². The lowest BCUT2D eigenvalue weighted by molar-refractivity contribution is -0.134. The Morgan fingerprint density at radius 3 is 2.80 bits per heavy atom. The van der Waals surface area contributed by atoms with E-state index in [2.05, 4.69) is 5.32 Å². The maximum Gasteiger partial charge on any atom is 0.243 e. The van der Waals surface area contributed by atoms with Crippen LogP contribution in [0.25, 0.3) is 0 Å². The summed E-state index contributed by atoms with van der Waals surface area (Å²) in [7, 11) is 1.62. The smallest absolute Gasteiger partial charge is 0.243 e. The van der Waals surface area contributed by atoms with Crippen molar-refractivity contribution in [2.45, 2.75) is 31.8 Å². The highest BCUT2D eigenvalue weighted by Crippen LogP contribution is 2.16. The second-order valence-corrected chi connectivity index (χ2v) is 4.92. The molecular formula is C15H20N2O3. The molecule has 1 aliphatic rings. The molecule has 20 heavy (non-hydrogen) atoms. The van der Waals surface area contributed by atoms with Gasteiger partial charge in [-0.15, -0.1) is 0 Å². The lowest BCUT2D eigenvalue weighted by Crippen LogP contribution is -2.48. The number of nitrogens with zero attached hydrogens (tertiary/aromatic N) is 1. The molecule has 0 bridgehead atoms. The maximum absolute atomic E-state index is 12.1. The van der Waals surface area contributed by atoms with E-state index in [9.17, 15) is 9.59 Å². The number of benzene rings is 1. The molecule has 0 unspecified atom stereocenters. The van der Waals surface area contributed by atoms with Crippen LogP contribution in [0.2, 0.25) is 0 Å². The lowest BCUT2D eigenvalue weighted by atomic mass is 10.0. The molecule has 0 spiro atoms. The molecule has 2 rings (SSSR count). The highest BCUT2D eigenvalue weighted by molar-refractivity contribution is 5.83. The number of hydrogen-bond donors (Lipinski definition) is 1. The van der Waals surface area contributed by atoms with E-state index >= 15 is 0 Å². The number of methoxy groups -OCH3 is 1. The second kappa shape index (κ2) is 6.93. The third kappa shape index (κ3) is 3.50. The maximum atomic E-state index is 12.1. The highest BCUT2D eigenvalue weighted by atomic mass is 16.5. The van der Waals surface area contributed by atoms with Crippen LogP contribution in [-0.2, 0) is 16.1 Å². The number of rotatable bonds is 5. The molecule has 1 aromatic carbocycles. The summed E-state index contributed by atoms with van der Waals surface area (Å²) < 4.78 is 5.09. The van der Waals surface area contributed by atoms with Gasteiger partial charge in [0.2, 0.25) is 12.3 Å². The molecule has 108 valence electrons. The second-order valence-electron chi connectivity index (χ2n) is 4.92. The van der Waals surface area contributed by atoms with Gasteiger partial charge in [0.1, 0.15) is 11.8 Å². The average Bonchev–Trinajstić information content (AvgIpc) is 2.53. The zero-order valence-corrected chi connectivity index (χ0v) is 11.7. The van der Waals surface area contributed by atoms with E-state index in [0.717, 1.165) is 37.0 Å². The summed E-state index contributed by atoms with van der Waals surface area (Å²) in [6, 6.07) is 7.23. The van der Waals surface area contributed by atoms with E-state index < -0.39 is 0 Å². The van der Waals surface area contributed by atoms with Gasteiger partial charge in [-0.05, 0) is 37.0 Å². The first kappa shape index (κ1) is 14.4. The normalized spacial score (nSPS) is 18.4. The van der Waals surface area contributed by atoms with Crippen molar-refractivity contribution >= 4 is 12.3 Å². The van der Waals surface area contributed by atoms with Crippen molar-refractivity contribution in [1.29, 1.82) is 0 Å². The summed E-state index contributed by atoms with van der Waals surface area (Å²) in [5, 5.41) is 2.89. The number of amides is 2. The van der Waals surface area contributed by atoms with Crippen molar-refractivity contribution in [2.24, 2.45) is 0 Å². The quantitative estimate of drug-likeness (QED) is 0.825. The lowest BCUT2D eigenvalue weighted by Gasteiger charge is -2.31. The average molecular weight is 276 g/mol. The molecular weight excluding hydrogens is 256 g/mol. The van der Waals surface area contributed by atoms with Crippen molar-refractivity contribution in [3.05, 3.63) is 29.8 Å². The first-order valence-electron chi connectivity index (χ1n) is 6.86. The Morgan fingerprint density at radius 2 is 2.15 bits per heavy atom. The van der Waals surface area contributed by atoms with E-state index in [1.807, 2.05) is 24.3 Å². The molecule has 0 saturated carbocycles. The number of nitrogens with one attached hydrogen (secondary N) is 1. The van der Waals surface area contributed by atoms with Crippen LogP contribution in [0.3, 0.4) is 0 Å². The van der Waals surface area contributed by atoms with Gasteiger partial charge in [-0.25, -0.2) is 0 Å². The summed E-state index contributed by atoms with van der Waals surface area (Å²) in [6.45, 7) is 1.14. The third-order valence-electron chi connectivity index (χ3n) is 3.61. The van der Waals surface area contributed by atoms with Gasteiger partial charge in [0.25, 0.3) is 0 Å². The Bertz CT molecular complexity index is 459. The number of hydrogen-bond acceptors (Lipinski definition) is 3. The molecule has 1 aromatic rings. The van der Waals surface area contributed by atoms with Crippen LogP contribution < -0.4 is 10.1 Å². The molecule has 2 amide bonds. The van der Waals surface area contributed by atoms with Crippen molar-refractivity contribution < 1.29 is 14.3 Å². The van der Waals surface area contributed by atoms with Crippen LogP contribution in [0.5, 0.6) is 5.75 Å². The molecule has 1 aliphatic heterocycles. The van der Waals surface area contributed by atoms with Gasteiger partial charge in [0.15, 0.2) is 0 Å². The fourth-order valence-corrected chi connectivity index (χ4v) is 2.41. The predicted octanol–water partition coefficient (Wildman–Crippen LogP) is 1.32. The number of likely N-dealkylation sites (tertiary alicyclic amines) is 1. The first-order valence-corrected chi connectivity index (χ1v) is 6.86. The van der Waals surface area contributed by atoms with Crippen molar-refractivity contribution in [3.8, 4) is 5.75 Å². The van der Waals surface area contributed by atoms with Gasteiger partial charge in [0.05, 0.1) is 7.11 Å². The van der Waals surface area contributed by atoms with Gasteiger partial charge in [-0.3, -0.25) is 9.59 Å². The Balaban J connectivity index is 1.88. The topological polar surface area (TPSA) is 58.6 Å². The molecule has 0 aromatic heterocycles. The monoisotopic (exact) mass is 276 g/mol. The molecule has 1 fully saturated rings. The molecule has 0 radical (unpaired) electrons. The Kier molecular flexibility index (Phi) is 4.98. The number of carbonyl (C=O) groups excluding carboxylic acids is 2. The number of carbonyl (C=O) groups is 2. The zero-order chi connectivity index (χ0) is 14.4. The minimum Gasteiger partial charge on any atom is -0.497 e. The minimum absolute atomic E-state index is 0.0763. The van der Waals surface area contributed by atoms with E-state index in [4.69, 9.17) is 4.74 Å².